The number of carbonyl (C=O) groups excluding carboxylic acids is 1. The monoisotopic (exact) mass is 460 g/mol. The molecule has 0 atom stereocenters. The Morgan fingerprint density at radius 3 is 2.55 bits per heavy atom. The second-order valence-electron chi connectivity index (χ2n) is 5.93. The number of amides is 1. The van der Waals surface area contributed by atoms with Crippen LogP contribution in [0.1, 0.15) is 22.8 Å². The summed E-state index contributed by atoms with van der Waals surface area (Å²) in [6.07, 6.45) is 4.96. The van der Waals surface area contributed by atoms with Gasteiger partial charge in [0.25, 0.3) is 5.91 Å². The number of halogens is 1. The Balaban J connectivity index is 2.08. The third-order valence-corrected chi connectivity index (χ3v) is 4.46. The van der Waals surface area contributed by atoms with Crippen molar-refractivity contribution in [2.45, 2.75) is 6.92 Å². The quantitative estimate of drug-likeness (QED) is 0.360. The van der Waals surface area contributed by atoms with E-state index in [-0.39, 0.29) is 23.5 Å². The average Bonchev–Trinajstić information content (AvgIpc) is 2.69. The molecule has 0 aromatic heterocycles. The summed E-state index contributed by atoms with van der Waals surface area (Å²) in [4.78, 5) is 22.8. The molecular weight excluding hydrogens is 440 g/mol. The van der Waals surface area contributed by atoms with E-state index in [1.54, 1.807) is 36.6 Å². The first kappa shape index (κ1) is 22.1. The van der Waals surface area contributed by atoms with Crippen molar-refractivity contribution in [3.8, 4) is 0 Å². The predicted octanol–water partition coefficient (Wildman–Crippen LogP) is 2.57. The van der Waals surface area contributed by atoms with Crippen LogP contribution in [0.5, 0.6) is 0 Å². The van der Waals surface area contributed by atoms with Gasteiger partial charge in [0, 0.05) is 22.9 Å². The summed E-state index contributed by atoms with van der Waals surface area (Å²) >= 11 is 3.36. The molecule has 9 heteroatoms. The number of hydrogen-bond acceptors (Lipinski definition) is 6. The highest BCUT2D eigenvalue weighted by molar-refractivity contribution is 9.12. The maximum absolute atomic E-state index is 12.2. The van der Waals surface area contributed by atoms with Gasteiger partial charge in [-0.3, -0.25) is 9.59 Å². The minimum Gasteiger partial charge on any atom is -0.493 e. The lowest BCUT2D eigenvalue weighted by Crippen LogP contribution is -2.31. The molecule has 1 aromatic rings. The number of carboxylic acid groups (broad SMARTS) is 1. The average molecular weight is 461 g/mol. The number of ether oxygens (including phenoxy) is 1. The van der Waals surface area contributed by atoms with E-state index < -0.39 is 18.4 Å². The van der Waals surface area contributed by atoms with Gasteiger partial charge < -0.3 is 31.3 Å². The highest BCUT2D eigenvalue weighted by Gasteiger charge is 2.16. The predicted molar refractivity (Wildman–Crippen MR) is 114 cm³/mol. The maximum atomic E-state index is 12.2. The van der Waals surface area contributed by atoms with Crippen LogP contribution in [0.2, 0.25) is 0 Å². The third-order valence-electron chi connectivity index (χ3n) is 3.84. The second kappa shape index (κ2) is 10.4. The number of allylic oxidation sites excluding steroid dienone is 4. The molecular formula is C20H21BrN4O4. The van der Waals surface area contributed by atoms with Crippen LogP contribution in [0.3, 0.4) is 0 Å². The Morgan fingerprint density at radius 1 is 1.21 bits per heavy atom. The minimum atomic E-state index is -1.14. The molecule has 0 fully saturated rings. The summed E-state index contributed by atoms with van der Waals surface area (Å²) in [6.45, 7) is 1.98. The Bertz CT molecular complexity index is 934. The number of carbonyl (C=O) groups is 2. The fourth-order valence-electron chi connectivity index (χ4n) is 2.51. The van der Waals surface area contributed by atoms with Gasteiger partial charge in [0.2, 0.25) is 0 Å². The van der Waals surface area contributed by atoms with Crippen LogP contribution < -0.4 is 10.6 Å². The van der Waals surface area contributed by atoms with Crippen LogP contribution in [0.15, 0.2) is 58.4 Å². The SMILES string of the molecule is CCOC1=C/C(=C/NCC(=N)c2ccccc2C(=O)NCC(=O)O)C(=N)C=C1Br. The molecule has 1 aliphatic rings. The summed E-state index contributed by atoms with van der Waals surface area (Å²) in [5.74, 6) is -1.08. The first-order valence-electron chi connectivity index (χ1n) is 8.74. The van der Waals surface area contributed by atoms with E-state index in [4.69, 9.17) is 20.7 Å². The largest absolute Gasteiger partial charge is 0.493 e. The zero-order valence-electron chi connectivity index (χ0n) is 15.7. The van der Waals surface area contributed by atoms with Gasteiger partial charge in [0.15, 0.2) is 0 Å². The molecule has 2 rings (SSSR count). The number of aliphatic carboxylic acids is 1. The van der Waals surface area contributed by atoms with E-state index in [9.17, 15) is 9.59 Å². The number of nitrogens with one attached hydrogen (secondary N) is 4. The molecule has 1 aromatic carbocycles. The number of hydrogen-bond donors (Lipinski definition) is 5. The number of benzene rings is 1. The highest BCUT2D eigenvalue weighted by atomic mass is 79.9. The van der Waals surface area contributed by atoms with E-state index >= 15 is 0 Å². The summed E-state index contributed by atoms with van der Waals surface area (Å²) in [5.41, 5.74) is 1.65. The van der Waals surface area contributed by atoms with E-state index in [0.717, 1.165) is 0 Å². The van der Waals surface area contributed by atoms with Crippen molar-refractivity contribution < 1.29 is 19.4 Å². The molecule has 0 spiro atoms. The normalized spacial score (nSPS) is 14.7. The van der Waals surface area contributed by atoms with Gasteiger partial charge in [-0.05, 0) is 41.1 Å². The zero-order valence-corrected chi connectivity index (χ0v) is 17.3. The molecule has 29 heavy (non-hydrogen) atoms. The fraction of sp³-hybridized carbons (Fsp3) is 0.200. The van der Waals surface area contributed by atoms with Crippen molar-refractivity contribution >= 4 is 39.2 Å². The lowest BCUT2D eigenvalue weighted by atomic mass is 10.0. The van der Waals surface area contributed by atoms with Crippen LogP contribution in [0.4, 0.5) is 0 Å². The van der Waals surface area contributed by atoms with E-state index in [0.29, 0.717) is 28.0 Å². The molecule has 5 N–H and O–H groups in total. The first-order chi connectivity index (χ1) is 13.8. The molecule has 0 heterocycles. The van der Waals surface area contributed by atoms with Gasteiger partial charge in [-0.1, -0.05) is 18.2 Å². The van der Waals surface area contributed by atoms with E-state index in [2.05, 4.69) is 26.6 Å². The van der Waals surface area contributed by atoms with Crippen molar-refractivity contribution in [2.24, 2.45) is 0 Å². The first-order valence-corrected chi connectivity index (χ1v) is 9.54. The van der Waals surface area contributed by atoms with Gasteiger partial charge in [0.05, 0.1) is 29.1 Å². The molecule has 0 saturated heterocycles. The summed E-state index contributed by atoms with van der Waals surface area (Å²) in [7, 11) is 0. The molecule has 8 nitrogen and oxygen atoms in total. The Morgan fingerprint density at radius 2 is 1.90 bits per heavy atom. The summed E-state index contributed by atoms with van der Waals surface area (Å²) in [5, 5.41) is 30.3. The fourth-order valence-corrected chi connectivity index (χ4v) is 2.97. The molecule has 0 bridgehead atoms. The van der Waals surface area contributed by atoms with Crippen LogP contribution in [0.25, 0.3) is 0 Å². The van der Waals surface area contributed by atoms with Gasteiger partial charge in [-0.15, -0.1) is 0 Å². The van der Waals surface area contributed by atoms with Crippen molar-refractivity contribution in [3.05, 3.63) is 69.6 Å². The van der Waals surface area contributed by atoms with Crippen LogP contribution in [-0.2, 0) is 9.53 Å². The van der Waals surface area contributed by atoms with Crippen LogP contribution >= 0.6 is 15.9 Å². The van der Waals surface area contributed by atoms with E-state index in [1.807, 2.05) is 6.92 Å². The standard InChI is InChI=1S/C20H21BrN4O4/c1-2-29-18-7-12(16(22)8-15(18)21)9-24-10-17(23)13-5-3-4-6-14(13)20(28)25-11-19(26)27/h3-9,22-24H,2,10-11H2,1H3,(H,25,28)(H,26,27)/b12-9-,22-16?,23-17?. The lowest BCUT2D eigenvalue weighted by Gasteiger charge is -2.15. The van der Waals surface area contributed by atoms with E-state index in [1.165, 1.54) is 6.07 Å². The molecule has 1 amide bonds. The Labute approximate surface area is 176 Å². The van der Waals surface area contributed by atoms with Gasteiger partial charge in [-0.25, -0.2) is 0 Å². The van der Waals surface area contributed by atoms with Crippen LogP contribution in [-0.4, -0.2) is 48.1 Å². The van der Waals surface area contributed by atoms with Crippen molar-refractivity contribution in [1.29, 1.82) is 10.8 Å². The number of rotatable bonds is 9. The lowest BCUT2D eigenvalue weighted by molar-refractivity contribution is -0.135. The topological polar surface area (TPSA) is 135 Å². The summed E-state index contributed by atoms with van der Waals surface area (Å²) in [6, 6.07) is 6.51. The Hall–Kier alpha value is -3.20. The molecule has 0 aliphatic heterocycles. The molecule has 0 saturated carbocycles. The molecule has 152 valence electrons. The molecule has 1 aliphatic carbocycles. The van der Waals surface area contributed by atoms with Gasteiger partial charge >= 0.3 is 5.97 Å². The highest BCUT2D eigenvalue weighted by Crippen LogP contribution is 2.25. The van der Waals surface area contributed by atoms with Crippen molar-refractivity contribution in [3.63, 3.8) is 0 Å². The zero-order chi connectivity index (χ0) is 21.4. The second-order valence-corrected chi connectivity index (χ2v) is 6.78. The third kappa shape index (κ3) is 6.15. The molecule has 0 radical (unpaired) electrons. The van der Waals surface area contributed by atoms with Gasteiger partial charge in [-0.2, -0.15) is 0 Å². The smallest absolute Gasteiger partial charge is 0.322 e. The number of carboxylic acids is 1. The molecule has 0 unspecified atom stereocenters. The summed E-state index contributed by atoms with van der Waals surface area (Å²) < 4.78 is 6.19. The Kier molecular flexibility index (Phi) is 7.90. The minimum absolute atomic E-state index is 0.114. The van der Waals surface area contributed by atoms with Crippen molar-refractivity contribution in [2.75, 3.05) is 19.7 Å². The maximum Gasteiger partial charge on any atom is 0.322 e. The van der Waals surface area contributed by atoms with Crippen molar-refractivity contribution in [1.82, 2.24) is 10.6 Å². The van der Waals surface area contributed by atoms with Gasteiger partial charge in [0.1, 0.15) is 12.3 Å². The van der Waals surface area contributed by atoms with Crippen LogP contribution in [0, 0.1) is 10.8 Å².